The van der Waals surface area contributed by atoms with Gasteiger partial charge >= 0.3 is 5.97 Å². The molecule has 1 atom stereocenters. The highest BCUT2D eigenvalue weighted by atomic mass is 16.5. The lowest BCUT2D eigenvalue weighted by Gasteiger charge is -2.12. The molecular formula is C13H19NO4. The summed E-state index contributed by atoms with van der Waals surface area (Å²) in [6.07, 6.45) is 1.15. The highest BCUT2D eigenvalue weighted by Crippen LogP contribution is 2.25. The van der Waals surface area contributed by atoms with E-state index in [4.69, 9.17) is 15.2 Å². The van der Waals surface area contributed by atoms with Gasteiger partial charge in [-0.3, -0.25) is 4.79 Å². The summed E-state index contributed by atoms with van der Waals surface area (Å²) >= 11 is 0. The number of esters is 1. The first-order valence-electron chi connectivity index (χ1n) is 5.66. The molecule has 0 bridgehead atoms. The van der Waals surface area contributed by atoms with Gasteiger partial charge < -0.3 is 19.9 Å². The summed E-state index contributed by atoms with van der Waals surface area (Å²) in [5, 5.41) is 0. The normalized spacial score (nSPS) is 11.8. The van der Waals surface area contributed by atoms with Crippen LogP contribution in [0.2, 0.25) is 0 Å². The molecule has 0 radical (unpaired) electrons. The molecule has 1 rings (SSSR count). The summed E-state index contributed by atoms with van der Waals surface area (Å²) in [5.41, 5.74) is 6.67. The highest BCUT2D eigenvalue weighted by molar-refractivity contribution is 5.75. The van der Waals surface area contributed by atoms with Crippen molar-refractivity contribution in [3.05, 3.63) is 23.8 Å². The number of carbonyl (C=O) groups excluding carboxylic acids is 1. The third kappa shape index (κ3) is 3.63. The number of nitrogens with two attached hydrogens (primary N) is 1. The van der Waals surface area contributed by atoms with E-state index in [9.17, 15) is 4.79 Å². The molecule has 0 spiro atoms. The number of ether oxygens (including phenoxy) is 3. The number of carbonyl (C=O) groups is 1. The molecule has 0 saturated heterocycles. The minimum Gasteiger partial charge on any atom is -0.497 e. The SMILES string of the molecule is COC(=O)C(N)CCc1ccc(OC)cc1OC. The third-order valence-electron chi connectivity index (χ3n) is 2.72. The Bertz CT molecular complexity index is 406. The molecule has 5 nitrogen and oxygen atoms in total. The Labute approximate surface area is 107 Å². The van der Waals surface area contributed by atoms with Crippen LogP contribution in [-0.2, 0) is 16.0 Å². The summed E-state index contributed by atoms with van der Waals surface area (Å²) < 4.78 is 15.0. The van der Waals surface area contributed by atoms with Crippen molar-refractivity contribution in [2.75, 3.05) is 21.3 Å². The van der Waals surface area contributed by atoms with Crippen LogP contribution in [0.3, 0.4) is 0 Å². The zero-order chi connectivity index (χ0) is 13.5. The Morgan fingerprint density at radius 2 is 2.00 bits per heavy atom. The fourth-order valence-corrected chi connectivity index (χ4v) is 1.64. The van der Waals surface area contributed by atoms with Crippen LogP contribution >= 0.6 is 0 Å². The number of benzene rings is 1. The number of hydrogen-bond acceptors (Lipinski definition) is 5. The first kappa shape index (κ1) is 14.3. The Morgan fingerprint density at radius 3 is 2.56 bits per heavy atom. The molecular weight excluding hydrogens is 234 g/mol. The van der Waals surface area contributed by atoms with Crippen LogP contribution in [0.4, 0.5) is 0 Å². The van der Waals surface area contributed by atoms with Crippen LogP contribution in [0, 0.1) is 0 Å². The zero-order valence-electron chi connectivity index (χ0n) is 10.9. The van der Waals surface area contributed by atoms with Gasteiger partial charge in [-0.05, 0) is 24.5 Å². The van der Waals surface area contributed by atoms with Crippen molar-refractivity contribution in [2.24, 2.45) is 5.73 Å². The van der Waals surface area contributed by atoms with Crippen LogP contribution in [0.5, 0.6) is 11.5 Å². The second-order valence-corrected chi connectivity index (χ2v) is 3.85. The van der Waals surface area contributed by atoms with E-state index in [0.29, 0.717) is 12.8 Å². The molecule has 0 heterocycles. The molecule has 1 aromatic rings. The monoisotopic (exact) mass is 253 g/mol. The first-order chi connectivity index (χ1) is 8.62. The van der Waals surface area contributed by atoms with Gasteiger partial charge in [0.25, 0.3) is 0 Å². The molecule has 0 aliphatic rings. The third-order valence-corrected chi connectivity index (χ3v) is 2.72. The Morgan fingerprint density at radius 1 is 1.28 bits per heavy atom. The van der Waals surface area contributed by atoms with Gasteiger partial charge in [0.05, 0.1) is 21.3 Å². The van der Waals surface area contributed by atoms with Crippen molar-refractivity contribution in [3.63, 3.8) is 0 Å². The van der Waals surface area contributed by atoms with Crippen LogP contribution in [0.15, 0.2) is 18.2 Å². The maximum absolute atomic E-state index is 11.2. The predicted molar refractivity (Wildman–Crippen MR) is 67.9 cm³/mol. The lowest BCUT2D eigenvalue weighted by Crippen LogP contribution is -2.31. The summed E-state index contributed by atoms with van der Waals surface area (Å²) in [7, 11) is 4.52. The number of methoxy groups -OCH3 is 3. The molecule has 0 amide bonds. The average molecular weight is 253 g/mol. The molecule has 0 aliphatic carbocycles. The molecule has 0 fully saturated rings. The summed E-state index contributed by atoms with van der Waals surface area (Å²) in [6.45, 7) is 0. The van der Waals surface area contributed by atoms with Crippen LogP contribution in [0.1, 0.15) is 12.0 Å². The molecule has 2 N–H and O–H groups in total. The van der Waals surface area contributed by atoms with Crippen molar-refractivity contribution in [2.45, 2.75) is 18.9 Å². The highest BCUT2D eigenvalue weighted by Gasteiger charge is 2.14. The van der Waals surface area contributed by atoms with Crippen molar-refractivity contribution in [3.8, 4) is 11.5 Å². The molecule has 1 aromatic carbocycles. The van der Waals surface area contributed by atoms with Crippen molar-refractivity contribution >= 4 is 5.97 Å². The van der Waals surface area contributed by atoms with Gasteiger partial charge in [-0.1, -0.05) is 6.07 Å². The van der Waals surface area contributed by atoms with Gasteiger partial charge in [0.2, 0.25) is 0 Å². The largest absolute Gasteiger partial charge is 0.497 e. The van der Waals surface area contributed by atoms with E-state index in [1.807, 2.05) is 12.1 Å². The van der Waals surface area contributed by atoms with Crippen molar-refractivity contribution < 1.29 is 19.0 Å². The minimum atomic E-state index is -0.609. The fourth-order valence-electron chi connectivity index (χ4n) is 1.64. The van der Waals surface area contributed by atoms with Gasteiger partial charge in [0.1, 0.15) is 17.5 Å². The summed E-state index contributed by atoms with van der Waals surface area (Å²) in [4.78, 5) is 11.2. The van der Waals surface area contributed by atoms with E-state index in [1.54, 1.807) is 20.3 Å². The molecule has 5 heteroatoms. The van der Waals surface area contributed by atoms with Gasteiger partial charge in [-0.15, -0.1) is 0 Å². The lowest BCUT2D eigenvalue weighted by molar-refractivity contribution is -0.142. The maximum atomic E-state index is 11.2. The smallest absolute Gasteiger partial charge is 0.322 e. The van der Waals surface area contributed by atoms with E-state index in [1.165, 1.54) is 7.11 Å². The van der Waals surface area contributed by atoms with Crippen molar-refractivity contribution in [1.29, 1.82) is 0 Å². The number of rotatable bonds is 6. The molecule has 0 aromatic heterocycles. The topological polar surface area (TPSA) is 70.8 Å². The first-order valence-corrected chi connectivity index (χ1v) is 5.66. The van der Waals surface area contributed by atoms with Gasteiger partial charge in [-0.25, -0.2) is 0 Å². The summed E-state index contributed by atoms with van der Waals surface area (Å²) in [6, 6.07) is 4.95. The second kappa shape index (κ2) is 6.86. The predicted octanol–water partition coefficient (Wildman–Crippen LogP) is 1.14. The Hall–Kier alpha value is -1.75. The van der Waals surface area contributed by atoms with E-state index < -0.39 is 12.0 Å². The standard InChI is InChI=1S/C13H19NO4/c1-16-10-6-4-9(12(8-10)17-2)5-7-11(14)13(15)18-3/h4,6,8,11H,5,7,14H2,1-3H3. The van der Waals surface area contributed by atoms with Gasteiger partial charge in [-0.2, -0.15) is 0 Å². The lowest BCUT2D eigenvalue weighted by atomic mass is 10.0. The van der Waals surface area contributed by atoms with Gasteiger partial charge in [0.15, 0.2) is 0 Å². The van der Waals surface area contributed by atoms with E-state index in [0.717, 1.165) is 17.1 Å². The molecule has 0 aliphatic heterocycles. The van der Waals surface area contributed by atoms with E-state index in [2.05, 4.69) is 4.74 Å². The quantitative estimate of drug-likeness (QED) is 0.770. The van der Waals surface area contributed by atoms with Gasteiger partial charge in [0, 0.05) is 6.07 Å². The molecule has 18 heavy (non-hydrogen) atoms. The minimum absolute atomic E-state index is 0.400. The number of hydrogen-bond donors (Lipinski definition) is 1. The van der Waals surface area contributed by atoms with Crippen molar-refractivity contribution in [1.82, 2.24) is 0 Å². The zero-order valence-corrected chi connectivity index (χ0v) is 10.9. The Balaban J connectivity index is 2.69. The van der Waals surface area contributed by atoms with Crippen LogP contribution < -0.4 is 15.2 Å². The molecule has 100 valence electrons. The second-order valence-electron chi connectivity index (χ2n) is 3.85. The van der Waals surface area contributed by atoms with E-state index in [-0.39, 0.29) is 0 Å². The summed E-state index contributed by atoms with van der Waals surface area (Å²) in [5.74, 6) is 1.06. The Kier molecular flexibility index (Phi) is 5.45. The fraction of sp³-hybridized carbons (Fsp3) is 0.462. The molecule has 1 unspecified atom stereocenters. The van der Waals surface area contributed by atoms with E-state index >= 15 is 0 Å². The average Bonchev–Trinajstić information content (AvgIpc) is 2.43. The van der Waals surface area contributed by atoms with Crippen LogP contribution in [-0.4, -0.2) is 33.3 Å². The molecule has 0 saturated carbocycles. The van der Waals surface area contributed by atoms with Crippen LogP contribution in [0.25, 0.3) is 0 Å². The number of aryl methyl sites for hydroxylation is 1. The maximum Gasteiger partial charge on any atom is 0.322 e.